The number of ether oxygens (including phenoxy) is 3. The molecular formula is C25H31ClFN5O4. The molecule has 1 unspecified atom stereocenters. The number of hydrogen-bond acceptors (Lipinski definition) is 8. The Morgan fingerprint density at radius 3 is 2.86 bits per heavy atom. The fraction of sp³-hybridized carbons (Fsp3) is 0.560. The highest BCUT2D eigenvalue weighted by Gasteiger charge is 2.25. The Kier molecular flexibility index (Phi) is 7.68. The minimum absolute atomic E-state index is 0.0173. The van der Waals surface area contributed by atoms with Gasteiger partial charge < -0.3 is 29.2 Å². The van der Waals surface area contributed by atoms with E-state index in [0.717, 1.165) is 19.3 Å². The molecule has 3 atom stereocenters. The smallest absolute Gasteiger partial charge is 0.223 e. The molecule has 36 heavy (non-hydrogen) atoms. The van der Waals surface area contributed by atoms with E-state index in [1.54, 1.807) is 0 Å². The van der Waals surface area contributed by atoms with E-state index in [0.29, 0.717) is 53.2 Å². The molecule has 2 aliphatic rings. The molecule has 1 aromatic carbocycles. The molecule has 0 aliphatic carbocycles. The monoisotopic (exact) mass is 519 g/mol. The zero-order chi connectivity index (χ0) is 25.2. The van der Waals surface area contributed by atoms with Crippen molar-refractivity contribution in [3.63, 3.8) is 0 Å². The predicted octanol–water partition coefficient (Wildman–Crippen LogP) is 4.47. The number of aliphatic hydroxyl groups excluding tert-OH is 1. The Bertz CT molecular complexity index is 1220. The van der Waals surface area contributed by atoms with Gasteiger partial charge in [-0.25, -0.2) is 19.3 Å². The summed E-state index contributed by atoms with van der Waals surface area (Å²) in [7, 11) is 0. The van der Waals surface area contributed by atoms with E-state index < -0.39 is 11.9 Å². The number of hydrogen-bond donors (Lipinski definition) is 2. The van der Waals surface area contributed by atoms with Crippen LogP contribution in [0.1, 0.15) is 51.4 Å². The molecule has 2 fully saturated rings. The van der Waals surface area contributed by atoms with Crippen LogP contribution in [0.5, 0.6) is 0 Å². The third-order valence-electron chi connectivity index (χ3n) is 6.53. The first-order valence-corrected chi connectivity index (χ1v) is 12.8. The molecule has 194 valence electrons. The topological polar surface area (TPSA) is 104 Å². The van der Waals surface area contributed by atoms with Gasteiger partial charge in [-0.2, -0.15) is 0 Å². The molecule has 2 aromatic heterocycles. The maximum Gasteiger partial charge on any atom is 0.223 e. The Morgan fingerprint density at radius 1 is 1.25 bits per heavy atom. The molecule has 4 heterocycles. The summed E-state index contributed by atoms with van der Waals surface area (Å²) in [6.07, 6.45) is 4.10. The van der Waals surface area contributed by atoms with Gasteiger partial charge in [-0.3, -0.25) is 0 Å². The van der Waals surface area contributed by atoms with E-state index >= 15 is 4.39 Å². The molecule has 3 aromatic rings. The molecular weight excluding hydrogens is 489 g/mol. The first-order chi connectivity index (χ1) is 17.4. The van der Waals surface area contributed by atoms with E-state index in [2.05, 4.69) is 20.3 Å². The van der Waals surface area contributed by atoms with Gasteiger partial charge in [-0.05, 0) is 51.7 Å². The minimum atomic E-state index is -0.671. The van der Waals surface area contributed by atoms with E-state index in [1.807, 2.05) is 24.5 Å². The van der Waals surface area contributed by atoms with E-state index in [1.165, 1.54) is 12.3 Å². The lowest BCUT2D eigenvalue weighted by atomic mass is 10.1. The first kappa shape index (κ1) is 25.3. The standard InChI is InChI=1S/C25H31ClFN5O4/c1-14(2)32-19-10-15(9-17(27)24(19)30-21(32)13-36-22-5-3-4-7-35-22)23-16(26)11-28-25(31-23)29-18-6-8-34-12-20(18)33/h9-11,14,18,20,22,33H,3-8,12-13H2,1-2H3,(H,28,29,31)/t18-,20-,22?/m1/s1. The van der Waals surface area contributed by atoms with Crippen LogP contribution in [0.25, 0.3) is 22.3 Å². The van der Waals surface area contributed by atoms with Gasteiger partial charge >= 0.3 is 0 Å². The zero-order valence-corrected chi connectivity index (χ0v) is 21.2. The molecule has 2 saturated heterocycles. The lowest BCUT2D eigenvalue weighted by Gasteiger charge is -2.28. The summed E-state index contributed by atoms with van der Waals surface area (Å²) in [5.41, 5.74) is 1.80. The summed E-state index contributed by atoms with van der Waals surface area (Å²) in [4.78, 5) is 13.4. The number of nitrogens with zero attached hydrogens (tertiary/aromatic N) is 4. The normalized spacial score (nSPS) is 22.9. The highest BCUT2D eigenvalue weighted by Crippen LogP contribution is 2.33. The second-order valence-corrected chi connectivity index (χ2v) is 9.90. The molecule has 11 heteroatoms. The summed E-state index contributed by atoms with van der Waals surface area (Å²) in [5, 5.41) is 13.6. The second kappa shape index (κ2) is 10.9. The summed E-state index contributed by atoms with van der Waals surface area (Å²) in [6, 6.07) is 3.00. The number of imidazole rings is 1. The quantitative estimate of drug-likeness (QED) is 0.471. The zero-order valence-electron chi connectivity index (χ0n) is 20.4. The van der Waals surface area contributed by atoms with Crippen LogP contribution in [0.2, 0.25) is 5.02 Å². The van der Waals surface area contributed by atoms with E-state index in [-0.39, 0.29) is 37.1 Å². The molecule has 0 spiro atoms. The van der Waals surface area contributed by atoms with Crippen LogP contribution in [0.4, 0.5) is 10.3 Å². The number of nitrogens with one attached hydrogen (secondary N) is 1. The maximum atomic E-state index is 15.3. The van der Waals surface area contributed by atoms with Crippen molar-refractivity contribution in [1.82, 2.24) is 19.5 Å². The van der Waals surface area contributed by atoms with Gasteiger partial charge in [0.2, 0.25) is 5.95 Å². The van der Waals surface area contributed by atoms with Crippen LogP contribution in [-0.4, -0.2) is 62.9 Å². The predicted molar refractivity (Wildman–Crippen MR) is 133 cm³/mol. The van der Waals surface area contributed by atoms with E-state index in [4.69, 9.17) is 25.8 Å². The highest BCUT2D eigenvalue weighted by atomic mass is 35.5. The number of rotatable bonds is 7. The second-order valence-electron chi connectivity index (χ2n) is 9.50. The average Bonchev–Trinajstić information content (AvgIpc) is 3.25. The molecule has 0 bridgehead atoms. The van der Waals surface area contributed by atoms with Crippen LogP contribution in [0.15, 0.2) is 18.3 Å². The molecule has 2 aliphatic heterocycles. The van der Waals surface area contributed by atoms with Crippen molar-refractivity contribution in [3.8, 4) is 11.3 Å². The van der Waals surface area contributed by atoms with Crippen molar-refractivity contribution < 1.29 is 23.7 Å². The van der Waals surface area contributed by atoms with Gasteiger partial charge in [0.05, 0.1) is 41.2 Å². The lowest BCUT2D eigenvalue weighted by Crippen LogP contribution is -2.42. The Labute approximate surface area is 213 Å². The summed E-state index contributed by atoms with van der Waals surface area (Å²) < 4.78 is 34.2. The van der Waals surface area contributed by atoms with Crippen LogP contribution in [-0.2, 0) is 20.8 Å². The van der Waals surface area contributed by atoms with Gasteiger partial charge in [-0.1, -0.05) is 11.6 Å². The van der Waals surface area contributed by atoms with Crippen molar-refractivity contribution in [1.29, 1.82) is 0 Å². The van der Waals surface area contributed by atoms with Crippen molar-refractivity contribution in [3.05, 3.63) is 35.0 Å². The Balaban J connectivity index is 1.47. The maximum absolute atomic E-state index is 15.3. The molecule has 5 rings (SSSR count). The number of aromatic nitrogens is 4. The van der Waals surface area contributed by atoms with E-state index in [9.17, 15) is 5.11 Å². The first-order valence-electron chi connectivity index (χ1n) is 12.4. The number of fused-ring (bicyclic) bond motifs is 1. The summed E-state index contributed by atoms with van der Waals surface area (Å²) in [6.45, 7) is 5.74. The van der Waals surface area contributed by atoms with Crippen LogP contribution >= 0.6 is 11.6 Å². The number of aliphatic hydroxyl groups is 1. The van der Waals surface area contributed by atoms with Crippen LogP contribution < -0.4 is 5.32 Å². The fourth-order valence-corrected chi connectivity index (χ4v) is 4.92. The van der Waals surface area contributed by atoms with Crippen molar-refractivity contribution in [2.45, 2.75) is 70.6 Å². The minimum Gasteiger partial charge on any atom is -0.389 e. The third-order valence-corrected chi connectivity index (χ3v) is 6.81. The number of benzene rings is 1. The SMILES string of the molecule is CC(C)n1c(COC2CCCCO2)nc2c(F)cc(-c3nc(N[C@@H]4CCOC[C@H]4O)ncc3Cl)cc21. The van der Waals surface area contributed by atoms with Crippen molar-refractivity contribution in [2.24, 2.45) is 0 Å². The van der Waals surface area contributed by atoms with Crippen molar-refractivity contribution >= 4 is 28.6 Å². The molecule has 0 amide bonds. The lowest BCUT2D eigenvalue weighted by molar-refractivity contribution is -0.170. The molecule has 0 saturated carbocycles. The Hall–Kier alpha value is -2.37. The van der Waals surface area contributed by atoms with Gasteiger partial charge in [0.1, 0.15) is 17.9 Å². The van der Waals surface area contributed by atoms with Gasteiger partial charge in [0.25, 0.3) is 0 Å². The third kappa shape index (κ3) is 5.33. The molecule has 9 nitrogen and oxygen atoms in total. The van der Waals surface area contributed by atoms with Gasteiger partial charge in [0.15, 0.2) is 12.1 Å². The summed E-state index contributed by atoms with van der Waals surface area (Å²) in [5.74, 6) is 0.468. The van der Waals surface area contributed by atoms with Crippen LogP contribution in [0, 0.1) is 5.82 Å². The van der Waals surface area contributed by atoms with Crippen LogP contribution in [0.3, 0.4) is 0 Å². The molecule has 2 N–H and O–H groups in total. The average molecular weight is 520 g/mol. The highest BCUT2D eigenvalue weighted by molar-refractivity contribution is 6.33. The number of anilines is 1. The Morgan fingerprint density at radius 2 is 2.11 bits per heavy atom. The largest absolute Gasteiger partial charge is 0.389 e. The van der Waals surface area contributed by atoms with Gasteiger partial charge in [-0.15, -0.1) is 0 Å². The number of halogens is 2. The fourth-order valence-electron chi connectivity index (χ4n) is 4.72. The van der Waals surface area contributed by atoms with Crippen molar-refractivity contribution in [2.75, 3.05) is 25.1 Å². The molecule has 0 radical (unpaired) electrons. The van der Waals surface area contributed by atoms with Gasteiger partial charge in [0, 0.05) is 24.8 Å². The summed E-state index contributed by atoms with van der Waals surface area (Å²) >= 11 is 6.45.